The van der Waals surface area contributed by atoms with Crippen LogP contribution in [-0.4, -0.2) is 21.7 Å². The first-order valence-corrected chi connectivity index (χ1v) is 8.26. The Labute approximate surface area is 125 Å². The average molecular weight is 304 g/mol. The number of thiophene rings is 1. The molecule has 3 aromatic heterocycles. The SMILES string of the molecule is Cc1nc(CCNCc2cn[nH]c2-c2cccs2)cs1. The molecule has 0 aliphatic heterocycles. The van der Waals surface area contributed by atoms with Crippen molar-refractivity contribution in [3.05, 3.63) is 45.4 Å². The van der Waals surface area contributed by atoms with E-state index in [0.29, 0.717) is 0 Å². The quantitative estimate of drug-likeness (QED) is 0.687. The van der Waals surface area contributed by atoms with Crippen LogP contribution in [-0.2, 0) is 13.0 Å². The van der Waals surface area contributed by atoms with Crippen molar-refractivity contribution >= 4 is 22.7 Å². The lowest BCUT2D eigenvalue weighted by atomic mass is 10.2. The molecule has 4 nitrogen and oxygen atoms in total. The summed E-state index contributed by atoms with van der Waals surface area (Å²) in [4.78, 5) is 5.70. The highest BCUT2D eigenvalue weighted by Crippen LogP contribution is 2.25. The van der Waals surface area contributed by atoms with Gasteiger partial charge in [0.05, 0.1) is 27.5 Å². The Balaban J connectivity index is 1.53. The van der Waals surface area contributed by atoms with Crippen LogP contribution in [0.5, 0.6) is 0 Å². The molecule has 3 rings (SSSR count). The smallest absolute Gasteiger partial charge is 0.0897 e. The third kappa shape index (κ3) is 3.15. The van der Waals surface area contributed by atoms with Crippen LogP contribution in [0.25, 0.3) is 10.6 Å². The van der Waals surface area contributed by atoms with E-state index in [2.05, 4.69) is 43.4 Å². The Morgan fingerprint density at radius 3 is 3.05 bits per heavy atom. The first-order chi connectivity index (χ1) is 9.83. The maximum Gasteiger partial charge on any atom is 0.0897 e. The lowest BCUT2D eigenvalue weighted by Crippen LogP contribution is -2.16. The normalized spacial score (nSPS) is 11.1. The summed E-state index contributed by atoms with van der Waals surface area (Å²) in [6.45, 7) is 3.80. The maximum atomic E-state index is 4.47. The second kappa shape index (κ2) is 6.30. The Bertz CT molecular complexity index is 654. The van der Waals surface area contributed by atoms with Crippen molar-refractivity contribution in [1.29, 1.82) is 0 Å². The van der Waals surface area contributed by atoms with Crippen molar-refractivity contribution in [2.24, 2.45) is 0 Å². The molecular weight excluding hydrogens is 288 g/mol. The highest BCUT2D eigenvalue weighted by molar-refractivity contribution is 7.13. The molecule has 104 valence electrons. The van der Waals surface area contributed by atoms with Gasteiger partial charge in [0.1, 0.15) is 0 Å². The van der Waals surface area contributed by atoms with Gasteiger partial charge in [-0.1, -0.05) is 6.07 Å². The summed E-state index contributed by atoms with van der Waals surface area (Å²) in [5, 5.41) is 16.0. The molecule has 0 aliphatic rings. The molecule has 0 atom stereocenters. The Kier molecular flexibility index (Phi) is 4.25. The minimum Gasteiger partial charge on any atom is -0.312 e. The van der Waals surface area contributed by atoms with Crippen molar-refractivity contribution in [3.8, 4) is 10.6 Å². The second-order valence-electron chi connectivity index (χ2n) is 4.53. The predicted octanol–water partition coefficient (Wildman–Crippen LogP) is 3.24. The number of thiazole rings is 1. The van der Waals surface area contributed by atoms with E-state index in [9.17, 15) is 0 Å². The molecule has 0 saturated heterocycles. The molecule has 0 saturated carbocycles. The topological polar surface area (TPSA) is 53.6 Å². The summed E-state index contributed by atoms with van der Waals surface area (Å²) in [6.07, 6.45) is 2.87. The number of aromatic nitrogens is 3. The molecule has 0 aliphatic carbocycles. The van der Waals surface area contributed by atoms with Crippen LogP contribution < -0.4 is 5.32 Å². The molecule has 0 spiro atoms. The number of aryl methyl sites for hydroxylation is 1. The Morgan fingerprint density at radius 2 is 2.30 bits per heavy atom. The van der Waals surface area contributed by atoms with Crippen molar-refractivity contribution < 1.29 is 0 Å². The lowest BCUT2D eigenvalue weighted by Gasteiger charge is -2.03. The fraction of sp³-hybridized carbons (Fsp3) is 0.286. The van der Waals surface area contributed by atoms with Gasteiger partial charge >= 0.3 is 0 Å². The number of rotatable bonds is 6. The van der Waals surface area contributed by atoms with Crippen molar-refractivity contribution in [1.82, 2.24) is 20.5 Å². The van der Waals surface area contributed by atoms with Crippen LogP contribution in [0.3, 0.4) is 0 Å². The van der Waals surface area contributed by atoms with E-state index in [1.807, 2.05) is 13.1 Å². The number of hydrogen-bond acceptors (Lipinski definition) is 5. The molecular formula is C14H16N4S2. The van der Waals surface area contributed by atoms with Gasteiger partial charge in [-0.2, -0.15) is 5.10 Å². The van der Waals surface area contributed by atoms with Crippen LogP contribution >= 0.6 is 22.7 Å². The van der Waals surface area contributed by atoms with Crippen LogP contribution in [0.15, 0.2) is 29.1 Å². The molecule has 0 unspecified atom stereocenters. The van der Waals surface area contributed by atoms with Crippen molar-refractivity contribution in [2.75, 3.05) is 6.54 Å². The summed E-state index contributed by atoms with van der Waals surface area (Å²) in [6, 6.07) is 4.17. The first kappa shape index (κ1) is 13.5. The third-order valence-corrected chi connectivity index (χ3v) is 4.74. The molecule has 3 aromatic rings. The van der Waals surface area contributed by atoms with Gasteiger partial charge < -0.3 is 5.32 Å². The third-order valence-electron chi connectivity index (χ3n) is 3.03. The van der Waals surface area contributed by atoms with Gasteiger partial charge in [0.15, 0.2) is 0 Å². The lowest BCUT2D eigenvalue weighted by molar-refractivity contribution is 0.682. The molecule has 6 heteroatoms. The van der Waals surface area contributed by atoms with Crippen LogP contribution in [0.1, 0.15) is 16.3 Å². The summed E-state index contributed by atoms with van der Waals surface area (Å²) >= 11 is 3.43. The highest BCUT2D eigenvalue weighted by atomic mass is 32.1. The van der Waals surface area contributed by atoms with Gasteiger partial charge in [0.25, 0.3) is 0 Å². The monoisotopic (exact) mass is 304 g/mol. The summed E-state index contributed by atoms with van der Waals surface area (Å²) in [5.74, 6) is 0. The molecule has 0 aromatic carbocycles. The van der Waals surface area contributed by atoms with Crippen LogP contribution in [0.4, 0.5) is 0 Å². The van der Waals surface area contributed by atoms with Gasteiger partial charge in [0.2, 0.25) is 0 Å². The number of nitrogens with one attached hydrogen (secondary N) is 2. The van der Waals surface area contributed by atoms with E-state index in [0.717, 1.165) is 30.2 Å². The fourth-order valence-corrected chi connectivity index (χ4v) is 3.44. The number of nitrogens with zero attached hydrogens (tertiary/aromatic N) is 2. The molecule has 20 heavy (non-hydrogen) atoms. The van der Waals surface area contributed by atoms with Crippen LogP contribution in [0.2, 0.25) is 0 Å². The zero-order chi connectivity index (χ0) is 13.8. The predicted molar refractivity (Wildman–Crippen MR) is 84.2 cm³/mol. The van der Waals surface area contributed by atoms with E-state index >= 15 is 0 Å². The van der Waals surface area contributed by atoms with Gasteiger partial charge in [-0.25, -0.2) is 4.98 Å². The first-order valence-electron chi connectivity index (χ1n) is 6.51. The summed E-state index contributed by atoms with van der Waals surface area (Å²) < 4.78 is 0. The highest BCUT2D eigenvalue weighted by Gasteiger charge is 2.08. The average Bonchev–Trinajstić information content (AvgIpc) is 3.16. The second-order valence-corrected chi connectivity index (χ2v) is 6.54. The zero-order valence-corrected chi connectivity index (χ0v) is 12.9. The molecule has 0 radical (unpaired) electrons. The van der Waals surface area contributed by atoms with E-state index in [1.165, 1.54) is 16.1 Å². The molecule has 0 bridgehead atoms. The zero-order valence-electron chi connectivity index (χ0n) is 11.2. The Morgan fingerprint density at radius 1 is 1.35 bits per heavy atom. The van der Waals surface area contributed by atoms with E-state index in [-0.39, 0.29) is 0 Å². The minimum absolute atomic E-state index is 0.826. The van der Waals surface area contributed by atoms with E-state index in [4.69, 9.17) is 0 Å². The maximum absolute atomic E-state index is 4.47. The van der Waals surface area contributed by atoms with Crippen molar-refractivity contribution in [2.45, 2.75) is 19.9 Å². The molecule has 0 amide bonds. The van der Waals surface area contributed by atoms with E-state index < -0.39 is 0 Å². The number of H-pyrrole nitrogens is 1. The summed E-state index contributed by atoms with van der Waals surface area (Å²) in [5.41, 5.74) is 3.50. The van der Waals surface area contributed by atoms with E-state index in [1.54, 1.807) is 22.7 Å². The Hall–Kier alpha value is -1.50. The molecule has 2 N–H and O–H groups in total. The van der Waals surface area contributed by atoms with Gasteiger partial charge in [-0.3, -0.25) is 5.10 Å². The van der Waals surface area contributed by atoms with Gasteiger partial charge in [-0.15, -0.1) is 22.7 Å². The largest absolute Gasteiger partial charge is 0.312 e. The van der Waals surface area contributed by atoms with Gasteiger partial charge in [0, 0.05) is 30.5 Å². The summed E-state index contributed by atoms with van der Waals surface area (Å²) in [7, 11) is 0. The van der Waals surface area contributed by atoms with Gasteiger partial charge in [-0.05, 0) is 18.4 Å². The van der Waals surface area contributed by atoms with Crippen LogP contribution in [0, 0.1) is 6.92 Å². The molecule has 0 fully saturated rings. The number of aromatic amines is 1. The molecule has 3 heterocycles. The standard InChI is InChI=1S/C14H16N4S2/c1-10-17-12(9-20-10)4-5-15-7-11-8-16-18-14(11)13-3-2-6-19-13/h2-3,6,8-9,15H,4-5,7H2,1H3,(H,16,18). The number of hydrogen-bond donors (Lipinski definition) is 2. The fourth-order valence-electron chi connectivity index (χ4n) is 2.04. The van der Waals surface area contributed by atoms with Crippen molar-refractivity contribution in [3.63, 3.8) is 0 Å². The minimum atomic E-state index is 0.826.